The molecule has 0 aromatic heterocycles. The lowest BCUT2D eigenvalue weighted by Gasteiger charge is -2.27. The molecule has 4 rings (SSSR count). The molecule has 4 nitrogen and oxygen atoms in total. The van der Waals surface area contributed by atoms with Crippen LogP contribution in [0.15, 0.2) is 24.3 Å². The minimum atomic E-state index is -0.640. The Kier molecular flexibility index (Phi) is 3.19. The van der Waals surface area contributed by atoms with Gasteiger partial charge in [0.1, 0.15) is 0 Å². The smallest absolute Gasteiger partial charge is 0.242 e. The second-order valence-electron chi connectivity index (χ2n) is 7.24. The first kappa shape index (κ1) is 14.1. The van der Waals surface area contributed by atoms with Crippen molar-refractivity contribution in [2.24, 2.45) is 11.8 Å². The molecule has 4 heteroatoms. The zero-order valence-corrected chi connectivity index (χ0v) is 13.2. The van der Waals surface area contributed by atoms with Crippen LogP contribution in [0.25, 0.3) is 0 Å². The molecular weight excluding hydrogens is 276 g/mol. The molecule has 118 valence electrons. The van der Waals surface area contributed by atoms with Crippen molar-refractivity contribution in [2.75, 3.05) is 31.1 Å². The number of rotatable bonds is 3. The fraction of sp³-hybridized carbons (Fsp3) is 0.611. The van der Waals surface area contributed by atoms with Crippen molar-refractivity contribution in [1.82, 2.24) is 4.90 Å². The Morgan fingerprint density at radius 2 is 2.14 bits per heavy atom. The number of amides is 1. The molecule has 1 aromatic carbocycles. The quantitative estimate of drug-likeness (QED) is 0.923. The van der Waals surface area contributed by atoms with Crippen LogP contribution in [0.3, 0.4) is 0 Å². The third kappa shape index (κ3) is 2.21. The average Bonchev–Trinajstić information content (AvgIpc) is 3.23. The van der Waals surface area contributed by atoms with Crippen molar-refractivity contribution in [2.45, 2.75) is 31.8 Å². The molecule has 22 heavy (non-hydrogen) atoms. The number of fused-ring (bicyclic) bond motifs is 1. The number of β-amino-alcohol motifs (C(OH)–C–C–N with tert-alkyl or cyclic N) is 1. The fourth-order valence-electron chi connectivity index (χ4n) is 4.15. The van der Waals surface area contributed by atoms with Crippen molar-refractivity contribution < 1.29 is 9.90 Å². The van der Waals surface area contributed by atoms with E-state index in [0.717, 1.165) is 25.8 Å². The lowest BCUT2D eigenvalue weighted by molar-refractivity contribution is -0.129. The summed E-state index contributed by atoms with van der Waals surface area (Å²) in [5, 5.41) is 10.8. The summed E-state index contributed by atoms with van der Waals surface area (Å²) in [5.41, 5.74) is 1.89. The molecule has 1 saturated heterocycles. The van der Waals surface area contributed by atoms with Gasteiger partial charge < -0.3 is 14.9 Å². The van der Waals surface area contributed by atoms with E-state index in [1.165, 1.54) is 11.3 Å². The number of benzene rings is 1. The second-order valence-corrected chi connectivity index (χ2v) is 7.24. The minimum Gasteiger partial charge on any atom is -0.387 e. The predicted molar refractivity (Wildman–Crippen MR) is 85.8 cm³/mol. The molecule has 1 aromatic rings. The van der Waals surface area contributed by atoms with Crippen LogP contribution in [0, 0.1) is 11.8 Å². The molecule has 1 aliphatic carbocycles. The highest BCUT2D eigenvalue weighted by atomic mass is 16.3. The highest BCUT2D eigenvalue weighted by molar-refractivity contribution is 5.83. The lowest BCUT2D eigenvalue weighted by atomic mass is 9.88. The van der Waals surface area contributed by atoms with E-state index in [9.17, 15) is 9.90 Å². The van der Waals surface area contributed by atoms with Gasteiger partial charge in [-0.1, -0.05) is 25.1 Å². The van der Waals surface area contributed by atoms with E-state index in [1.54, 1.807) is 0 Å². The molecule has 1 amide bonds. The molecular formula is C18H24N2O2. The molecule has 0 unspecified atom stereocenters. The molecule has 3 aliphatic rings. The van der Waals surface area contributed by atoms with Crippen molar-refractivity contribution in [3.05, 3.63) is 29.8 Å². The standard InChI is InChI=1S/C18H24N2O2/c1-13-10-20(12-18(13,22)15-6-7-15)17(21)11-19-9-8-14-4-2-3-5-16(14)19/h2-5,13,15,22H,6-12H2,1H3/t13-,18+/m1/s1. The van der Waals surface area contributed by atoms with Crippen LogP contribution in [0.4, 0.5) is 5.69 Å². The van der Waals surface area contributed by atoms with Gasteiger partial charge in [-0.2, -0.15) is 0 Å². The molecule has 2 fully saturated rings. The number of carbonyl (C=O) groups excluding carboxylic acids is 1. The third-order valence-corrected chi connectivity index (χ3v) is 5.74. The molecule has 0 spiro atoms. The largest absolute Gasteiger partial charge is 0.387 e. The number of anilines is 1. The van der Waals surface area contributed by atoms with E-state index < -0.39 is 5.60 Å². The van der Waals surface area contributed by atoms with E-state index in [0.29, 0.717) is 25.6 Å². The Balaban J connectivity index is 1.43. The van der Waals surface area contributed by atoms with E-state index >= 15 is 0 Å². The summed E-state index contributed by atoms with van der Waals surface area (Å²) in [7, 11) is 0. The van der Waals surface area contributed by atoms with Crippen LogP contribution < -0.4 is 4.90 Å². The maximum Gasteiger partial charge on any atom is 0.242 e. The number of carbonyl (C=O) groups is 1. The Hall–Kier alpha value is -1.55. The first-order chi connectivity index (χ1) is 10.6. The molecule has 2 atom stereocenters. The van der Waals surface area contributed by atoms with Gasteiger partial charge in [0.25, 0.3) is 0 Å². The zero-order chi connectivity index (χ0) is 15.3. The summed E-state index contributed by atoms with van der Waals surface area (Å²) >= 11 is 0. The molecule has 2 heterocycles. The summed E-state index contributed by atoms with van der Waals surface area (Å²) in [6.07, 6.45) is 3.25. The van der Waals surface area contributed by atoms with Crippen molar-refractivity contribution in [1.29, 1.82) is 0 Å². The summed E-state index contributed by atoms with van der Waals surface area (Å²) in [6, 6.07) is 8.33. The molecule has 0 radical (unpaired) electrons. The van der Waals surface area contributed by atoms with Crippen LogP contribution >= 0.6 is 0 Å². The predicted octanol–water partition coefficient (Wildman–Crippen LogP) is 1.67. The maximum absolute atomic E-state index is 12.7. The first-order valence-electron chi connectivity index (χ1n) is 8.41. The molecule has 2 aliphatic heterocycles. The van der Waals surface area contributed by atoms with Crippen LogP contribution in [0.1, 0.15) is 25.3 Å². The van der Waals surface area contributed by atoms with Gasteiger partial charge in [0.2, 0.25) is 5.91 Å². The highest BCUT2D eigenvalue weighted by Gasteiger charge is 2.53. The topological polar surface area (TPSA) is 43.8 Å². The van der Waals surface area contributed by atoms with Gasteiger partial charge in [0, 0.05) is 24.7 Å². The van der Waals surface area contributed by atoms with E-state index in [1.807, 2.05) is 11.0 Å². The van der Waals surface area contributed by atoms with Crippen LogP contribution in [0.5, 0.6) is 0 Å². The highest BCUT2D eigenvalue weighted by Crippen LogP contribution is 2.47. The number of nitrogens with zero attached hydrogens (tertiary/aromatic N) is 2. The SMILES string of the molecule is C[C@@H]1CN(C(=O)CN2CCc3ccccc32)C[C@@]1(O)C1CC1. The normalized spacial score (nSPS) is 30.7. The van der Waals surface area contributed by atoms with Gasteiger partial charge in [0.15, 0.2) is 0 Å². The van der Waals surface area contributed by atoms with Gasteiger partial charge in [-0.05, 0) is 36.8 Å². The Bertz CT molecular complexity index is 599. The molecule has 0 bridgehead atoms. The van der Waals surface area contributed by atoms with Gasteiger partial charge in [-0.3, -0.25) is 4.79 Å². The van der Waals surface area contributed by atoms with Gasteiger partial charge in [-0.25, -0.2) is 0 Å². The summed E-state index contributed by atoms with van der Waals surface area (Å²) < 4.78 is 0. The number of aliphatic hydroxyl groups is 1. The Labute approximate surface area is 131 Å². The summed E-state index contributed by atoms with van der Waals surface area (Å²) in [4.78, 5) is 16.7. The molecule has 1 N–H and O–H groups in total. The van der Waals surface area contributed by atoms with Crippen molar-refractivity contribution >= 4 is 11.6 Å². The van der Waals surface area contributed by atoms with E-state index in [4.69, 9.17) is 0 Å². The monoisotopic (exact) mass is 300 g/mol. The van der Waals surface area contributed by atoms with Crippen molar-refractivity contribution in [3.63, 3.8) is 0 Å². The zero-order valence-electron chi connectivity index (χ0n) is 13.2. The average molecular weight is 300 g/mol. The number of hydrogen-bond donors (Lipinski definition) is 1. The van der Waals surface area contributed by atoms with Crippen LogP contribution in [0.2, 0.25) is 0 Å². The Morgan fingerprint density at radius 1 is 1.36 bits per heavy atom. The van der Waals surface area contributed by atoms with Gasteiger partial charge in [-0.15, -0.1) is 0 Å². The van der Waals surface area contributed by atoms with E-state index in [-0.39, 0.29) is 11.8 Å². The van der Waals surface area contributed by atoms with Crippen LogP contribution in [-0.4, -0.2) is 47.7 Å². The lowest BCUT2D eigenvalue weighted by Crippen LogP contribution is -2.43. The number of para-hydroxylation sites is 1. The van der Waals surface area contributed by atoms with Gasteiger partial charge >= 0.3 is 0 Å². The third-order valence-electron chi connectivity index (χ3n) is 5.74. The Morgan fingerprint density at radius 3 is 2.91 bits per heavy atom. The minimum absolute atomic E-state index is 0.153. The number of likely N-dealkylation sites (tertiary alicyclic amines) is 1. The number of hydrogen-bond acceptors (Lipinski definition) is 3. The first-order valence-corrected chi connectivity index (χ1v) is 8.41. The second kappa shape index (κ2) is 4.98. The fourth-order valence-corrected chi connectivity index (χ4v) is 4.15. The maximum atomic E-state index is 12.7. The van der Waals surface area contributed by atoms with E-state index in [2.05, 4.69) is 30.0 Å². The summed E-state index contributed by atoms with van der Waals surface area (Å²) in [5.74, 6) is 0.753. The van der Waals surface area contributed by atoms with Gasteiger partial charge in [0.05, 0.1) is 18.7 Å². The van der Waals surface area contributed by atoms with Crippen LogP contribution in [-0.2, 0) is 11.2 Å². The summed E-state index contributed by atoms with van der Waals surface area (Å²) in [6.45, 7) is 4.65. The van der Waals surface area contributed by atoms with Crippen molar-refractivity contribution in [3.8, 4) is 0 Å². The molecule has 1 saturated carbocycles.